The first-order valence-corrected chi connectivity index (χ1v) is 5.78. The molecular formula is C11H10F3NO2S. The van der Waals surface area contributed by atoms with E-state index in [0.717, 1.165) is 11.3 Å². The van der Waals surface area contributed by atoms with Crippen LogP contribution >= 0.6 is 11.3 Å². The van der Waals surface area contributed by atoms with Gasteiger partial charge >= 0.3 is 6.18 Å². The summed E-state index contributed by atoms with van der Waals surface area (Å²) in [5.41, 5.74) is 0. The van der Waals surface area contributed by atoms with Crippen molar-refractivity contribution in [3.63, 3.8) is 0 Å². The summed E-state index contributed by atoms with van der Waals surface area (Å²) in [5.74, 6) is 4.47. The third kappa shape index (κ3) is 5.21. The quantitative estimate of drug-likeness (QED) is 0.827. The van der Waals surface area contributed by atoms with Gasteiger partial charge in [-0.3, -0.25) is 4.79 Å². The van der Waals surface area contributed by atoms with Gasteiger partial charge in [-0.05, 0) is 12.1 Å². The van der Waals surface area contributed by atoms with Crippen LogP contribution in [0.5, 0.6) is 0 Å². The number of carbonyl (C=O) groups excluding carboxylic acids is 1. The van der Waals surface area contributed by atoms with E-state index in [-0.39, 0.29) is 6.61 Å². The Morgan fingerprint density at radius 1 is 1.44 bits per heavy atom. The maximum atomic E-state index is 11.9. The van der Waals surface area contributed by atoms with Gasteiger partial charge < -0.3 is 10.4 Å². The van der Waals surface area contributed by atoms with E-state index in [9.17, 15) is 18.0 Å². The largest absolute Gasteiger partial charge is 0.390 e. The highest BCUT2D eigenvalue weighted by molar-refractivity contribution is 7.14. The van der Waals surface area contributed by atoms with Crippen molar-refractivity contribution in [2.75, 3.05) is 13.2 Å². The lowest BCUT2D eigenvalue weighted by Gasteiger charge is -2.06. The molecular weight excluding hydrogens is 267 g/mol. The van der Waals surface area contributed by atoms with Crippen LogP contribution in [0.1, 0.15) is 21.0 Å². The lowest BCUT2D eigenvalue weighted by molar-refractivity contribution is -0.132. The summed E-state index contributed by atoms with van der Waals surface area (Å²) >= 11 is 1.06. The van der Waals surface area contributed by atoms with E-state index in [4.69, 9.17) is 5.11 Å². The van der Waals surface area contributed by atoms with Crippen LogP contribution in [0, 0.1) is 11.8 Å². The van der Waals surface area contributed by atoms with Crippen molar-refractivity contribution >= 4 is 17.2 Å². The third-order valence-electron chi connectivity index (χ3n) is 1.81. The smallest absolute Gasteiger partial charge is 0.384 e. The number of alkyl halides is 3. The molecule has 0 radical (unpaired) electrons. The summed E-state index contributed by atoms with van der Waals surface area (Å²) in [7, 11) is 0. The van der Waals surface area contributed by atoms with Gasteiger partial charge in [0, 0.05) is 6.54 Å². The molecule has 0 fully saturated rings. The minimum Gasteiger partial charge on any atom is -0.384 e. The Kier molecular flexibility index (Phi) is 5.19. The number of hydrogen-bond acceptors (Lipinski definition) is 3. The number of amides is 1. The van der Waals surface area contributed by atoms with E-state index in [2.05, 4.69) is 17.2 Å². The van der Waals surface area contributed by atoms with Crippen LogP contribution in [0.15, 0.2) is 12.1 Å². The number of aliphatic hydroxyl groups excluding tert-OH is 1. The topological polar surface area (TPSA) is 49.3 Å². The minimum atomic E-state index is -4.28. The van der Waals surface area contributed by atoms with Gasteiger partial charge in [0.2, 0.25) is 0 Å². The average molecular weight is 277 g/mol. The molecule has 0 aliphatic heterocycles. The molecule has 0 aliphatic rings. The van der Waals surface area contributed by atoms with Crippen LogP contribution in [0.3, 0.4) is 0 Å². The van der Waals surface area contributed by atoms with E-state index in [0.29, 0.717) is 9.75 Å². The van der Waals surface area contributed by atoms with Crippen molar-refractivity contribution in [2.45, 2.75) is 12.6 Å². The summed E-state index contributed by atoms with van der Waals surface area (Å²) < 4.78 is 35.6. The second-order valence-electron chi connectivity index (χ2n) is 3.24. The number of aliphatic hydroxyl groups is 1. The van der Waals surface area contributed by atoms with Gasteiger partial charge in [0.25, 0.3) is 5.91 Å². The summed E-state index contributed by atoms with van der Waals surface area (Å²) in [4.78, 5) is 12.3. The number of carbonyl (C=O) groups is 1. The van der Waals surface area contributed by atoms with Gasteiger partial charge in [-0.15, -0.1) is 11.3 Å². The van der Waals surface area contributed by atoms with Crippen LogP contribution in [0.25, 0.3) is 0 Å². The molecule has 0 unspecified atom stereocenters. The normalized spacial score (nSPS) is 10.7. The fourth-order valence-corrected chi connectivity index (χ4v) is 1.86. The highest BCUT2D eigenvalue weighted by atomic mass is 32.1. The van der Waals surface area contributed by atoms with E-state index in [1.807, 2.05) is 0 Å². The number of rotatable bonds is 3. The Hall–Kier alpha value is -1.52. The van der Waals surface area contributed by atoms with Crippen LogP contribution in [0.2, 0.25) is 0 Å². The minimum absolute atomic E-state index is 0.287. The molecule has 3 nitrogen and oxygen atoms in total. The molecule has 0 aromatic carbocycles. The highest BCUT2D eigenvalue weighted by Gasteiger charge is 2.26. The molecule has 1 aromatic rings. The summed E-state index contributed by atoms with van der Waals surface area (Å²) in [6, 6.07) is 3.06. The molecule has 7 heteroatoms. The summed E-state index contributed by atoms with van der Waals surface area (Å²) in [5, 5.41) is 10.7. The molecule has 1 amide bonds. The van der Waals surface area contributed by atoms with Crippen LogP contribution in [-0.2, 0) is 0 Å². The number of hydrogen-bond donors (Lipinski definition) is 2. The standard InChI is InChI=1S/C11H10F3NO2S/c12-11(13,14)5-6-15-10(17)9-4-3-8(18-9)2-1-7-16/h3-4,16H,5-7H2,(H,15,17). The maximum absolute atomic E-state index is 11.9. The first-order valence-electron chi connectivity index (χ1n) is 4.97. The van der Waals surface area contributed by atoms with Crippen LogP contribution in [-0.4, -0.2) is 30.3 Å². The van der Waals surface area contributed by atoms with Gasteiger partial charge in [0.15, 0.2) is 0 Å². The molecule has 0 aliphatic carbocycles. The second-order valence-corrected chi connectivity index (χ2v) is 4.33. The van der Waals surface area contributed by atoms with Gasteiger partial charge in [-0.1, -0.05) is 11.8 Å². The van der Waals surface area contributed by atoms with Crippen LogP contribution in [0.4, 0.5) is 13.2 Å². The van der Waals surface area contributed by atoms with Crippen molar-refractivity contribution < 1.29 is 23.1 Å². The predicted octanol–water partition coefficient (Wildman–Crippen LogP) is 1.77. The van der Waals surface area contributed by atoms with Crippen molar-refractivity contribution in [1.82, 2.24) is 5.32 Å². The molecule has 0 spiro atoms. The van der Waals surface area contributed by atoms with Crippen LogP contribution < -0.4 is 5.32 Å². The Bertz CT molecular complexity index is 471. The Morgan fingerprint density at radius 3 is 2.78 bits per heavy atom. The third-order valence-corrected chi connectivity index (χ3v) is 2.81. The van der Waals surface area contributed by atoms with Gasteiger partial charge in [-0.2, -0.15) is 13.2 Å². The molecule has 18 heavy (non-hydrogen) atoms. The summed E-state index contributed by atoms with van der Waals surface area (Å²) in [6.45, 7) is -0.733. The zero-order chi connectivity index (χ0) is 13.6. The molecule has 1 heterocycles. The lowest BCUT2D eigenvalue weighted by Crippen LogP contribution is -2.27. The molecule has 0 atom stereocenters. The number of thiophene rings is 1. The predicted molar refractivity (Wildman–Crippen MR) is 61.3 cm³/mol. The van der Waals surface area contributed by atoms with Crippen molar-refractivity contribution in [1.29, 1.82) is 0 Å². The fourth-order valence-electron chi connectivity index (χ4n) is 1.06. The maximum Gasteiger partial charge on any atom is 0.390 e. The molecule has 98 valence electrons. The zero-order valence-electron chi connectivity index (χ0n) is 9.17. The monoisotopic (exact) mass is 277 g/mol. The molecule has 2 N–H and O–H groups in total. The fraction of sp³-hybridized carbons (Fsp3) is 0.364. The molecule has 0 saturated heterocycles. The van der Waals surface area contributed by atoms with Crippen molar-refractivity contribution in [2.24, 2.45) is 0 Å². The molecule has 1 aromatic heterocycles. The van der Waals surface area contributed by atoms with Crippen molar-refractivity contribution in [3.8, 4) is 11.8 Å². The summed E-state index contributed by atoms with van der Waals surface area (Å²) in [6.07, 6.45) is -5.33. The Morgan fingerprint density at radius 2 is 2.17 bits per heavy atom. The number of halogens is 3. The second kappa shape index (κ2) is 6.42. The average Bonchev–Trinajstić information content (AvgIpc) is 2.73. The highest BCUT2D eigenvalue weighted by Crippen LogP contribution is 2.19. The zero-order valence-corrected chi connectivity index (χ0v) is 9.99. The van der Waals surface area contributed by atoms with Crippen molar-refractivity contribution in [3.05, 3.63) is 21.9 Å². The molecule has 0 saturated carbocycles. The lowest BCUT2D eigenvalue weighted by atomic mass is 10.3. The SMILES string of the molecule is O=C(NCCC(F)(F)F)c1ccc(C#CCO)s1. The van der Waals surface area contributed by atoms with E-state index < -0.39 is 25.0 Å². The number of nitrogens with one attached hydrogen (secondary N) is 1. The molecule has 0 bridgehead atoms. The first kappa shape index (κ1) is 14.5. The Balaban J connectivity index is 2.49. The van der Waals surface area contributed by atoms with E-state index >= 15 is 0 Å². The van der Waals surface area contributed by atoms with E-state index in [1.54, 1.807) is 6.07 Å². The van der Waals surface area contributed by atoms with Gasteiger partial charge in [0.1, 0.15) is 6.61 Å². The van der Waals surface area contributed by atoms with Gasteiger partial charge in [0.05, 0.1) is 16.2 Å². The van der Waals surface area contributed by atoms with Gasteiger partial charge in [-0.25, -0.2) is 0 Å². The Labute approximate surface area is 106 Å². The molecule has 1 rings (SSSR count). The van der Waals surface area contributed by atoms with E-state index in [1.165, 1.54) is 6.07 Å². The first-order chi connectivity index (χ1) is 8.42.